The second kappa shape index (κ2) is 4.44. The fourth-order valence-electron chi connectivity index (χ4n) is 2.69. The minimum absolute atomic E-state index is 1.11. The summed E-state index contributed by atoms with van der Waals surface area (Å²) < 4.78 is 0. The van der Waals surface area contributed by atoms with Gasteiger partial charge in [-0.15, -0.1) is 0 Å². The van der Waals surface area contributed by atoms with Crippen molar-refractivity contribution in [2.45, 2.75) is 13.8 Å². The zero-order valence-corrected chi connectivity index (χ0v) is 11.0. The van der Waals surface area contributed by atoms with Gasteiger partial charge in [-0.3, -0.25) is 0 Å². The molecular weight excluding hydrogens is 200 g/mol. The highest BCUT2D eigenvalue weighted by atomic mass is 15.5. The van der Waals surface area contributed by atoms with Crippen molar-refractivity contribution in [3.8, 4) is 0 Å². The van der Waals surface area contributed by atoms with E-state index in [1.54, 1.807) is 0 Å². The van der Waals surface area contributed by atoms with Crippen LogP contribution in [-0.2, 0) is 0 Å². The fraction of sp³-hybridized carbons (Fsp3) is 0.833. The largest absolute Gasteiger partial charge is 0.357 e. The topological polar surface area (TPSA) is 13.0 Å². The molecule has 4 nitrogen and oxygen atoms in total. The quantitative estimate of drug-likeness (QED) is 0.682. The lowest BCUT2D eigenvalue weighted by molar-refractivity contribution is 0.296. The van der Waals surface area contributed by atoms with Crippen molar-refractivity contribution in [3.05, 3.63) is 11.6 Å². The summed E-state index contributed by atoms with van der Waals surface area (Å²) in [6.07, 6.45) is 0. The molecule has 16 heavy (non-hydrogen) atoms. The highest BCUT2D eigenvalue weighted by Gasteiger charge is 2.31. The van der Waals surface area contributed by atoms with Gasteiger partial charge in [0.25, 0.3) is 0 Å². The van der Waals surface area contributed by atoms with Crippen molar-refractivity contribution in [3.63, 3.8) is 0 Å². The van der Waals surface area contributed by atoms with E-state index >= 15 is 0 Å². The van der Waals surface area contributed by atoms with Crippen molar-refractivity contribution in [1.82, 2.24) is 19.6 Å². The maximum atomic E-state index is 2.49. The summed E-state index contributed by atoms with van der Waals surface area (Å²) in [5.41, 5.74) is 0. The van der Waals surface area contributed by atoms with Crippen molar-refractivity contribution in [2.75, 3.05) is 53.4 Å². The zero-order chi connectivity index (χ0) is 11.7. The zero-order valence-electron chi connectivity index (χ0n) is 11.0. The van der Waals surface area contributed by atoms with Crippen LogP contribution >= 0.6 is 0 Å². The molecule has 0 radical (unpaired) electrons. The van der Waals surface area contributed by atoms with Crippen LogP contribution in [0.2, 0.25) is 0 Å². The lowest BCUT2D eigenvalue weighted by Crippen LogP contribution is -2.31. The second-order valence-corrected chi connectivity index (χ2v) is 4.65. The molecular formula is C12H24N4. The van der Waals surface area contributed by atoms with Crippen LogP contribution in [0, 0.1) is 0 Å². The fourth-order valence-corrected chi connectivity index (χ4v) is 2.69. The SMILES string of the molecule is CCN1CCN(C)/C1=C1\N(C)CCN1CC. The van der Waals surface area contributed by atoms with E-state index in [1.807, 2.05) is 0 Å². The molecule has 0 aromatic carbocycles. The van der Waals surface area contributed by atoms with Gasteiger partial charge in [0.2, 0.25) is 0 Å². The normalized spacial score (nSPS) is 26.2. The van der Waals surface area contributed by atoms with Gasteiger partial charge >= 0.3 is 0 Å². The Morgan fingerprint density at radius 3 is 1.44 bits per heavy atom. The molecule has 0 aromatic rings. The van der Waals surface area contributed by atoms with E-state index in [0.29, 0.717) is 0 Å². The average molecular weight is 224 g/mol. The predicted octanol–water partition coefficient (Wildman–Crippen LogP) is 0.648. The Morgan fingerprint density at radius 1 is 0.750 bits per heavy atom. The second-order valence-electron chi connectivity index (χ2n) is 4.65. The lowest BCUT2D eigenvalue weighted by Gasteiger charge is -2.29. The lowest BCUT2D eigenvalue weighted by atomic mass is 10.4. The number of hydrogen-bond donors (Lipinski definition) is 0. The van der Waals surface area contributed by atoms with E-state index in [-0.39, 0.29) is 0 Å². The van der Waals surface area contributed by atoms with Gasteiger partial charge in [0.1, 0.15) is 11.6 Å². The van der Waals surface area contributed by atoms with Crippen LogP contribution in [0.3, 0.4) is 0 Å². The van der Waals surface area contributed by atoms with Gasteiger partial charge in [0.15, 0.2) is 0 Å². The van der Waals surface area contributed by atoms with Crippen molar-refractivity contribution >= 4 is 0 Å². The highest BCUT2D eigenvalue weighted by Crippen LogP contribution is 2.27. The Kier molecular flexibility index (Phi) is 3.17. The van der Waals surface area contributed by atoms with Crippen LogP contribution in [0.1, 0.15) is 13.8 Å². The monoisotopic (exact) mass is 224 g/mol. The van der Waals surface area contributed by atoms with E-state index in [2.05, 4.69) is 47.5 Å². The summed E-state index contributed by atoms with van der Waals surface area (Å²) in [4.78, 5) is 9.76. The minimum atomic E-state index is 1.11. The third kappa shape index (κ3) is 1.70. The maximum absolute atomic E-state index is 2.49. The molecule has 0 amide bonds. The Morgan fingerprint density at radius 2 is 1.12 bits per heavy atom. The number of nitrogens with zero attached hydrogens (tertiary/aromatic N) is 4. The van der Waals surface area contributed by atoms with E-state index in [1.165, 1.54) is 11.6 Å². The molecule has 0 aliphatic carbocycles. The molecule has 2 rings (SSSR count). The van der Waals surface area contributed by atoms with Crippen LogP contribution in [0.25, 0.3) is 0 Å². The van der Waals surface area contributed by atoms with E-state index < -0.39 is 0 Å². The molecule has 4 heteroatoms. The maximum Gasteiger partial charge on any atom is 0.146 e. The third-order valence-corrected chi connectivity index (χ3v) is 3.70. The van der Waals surface area contributed by atoms with Gasteiger partial charge in [-0.1, -0.05) is 0 Å². The molecule has 0 bridgehead atoms. The van der Waals surface area contributed by atoms with Gasteiger partial charge in [-0.2, -0.15) is 0 Å². The Bertz CT molecular complexity index is 259. The van der Waals surface area contributed by atoms with Crippen molar-refractivity contribution in [1.29, 1.82) is 0 Å². The molecule has 0 saturated carbocycles. The third-order valence-electron chi connectivity index (χ3n) is 3.70. The first kappa shape index (κ1) is 11.4. The van der Waals surface area contributed by atoms with E-state index in [0.717, 1.165) is 39.3 Å². The molecule has 92 valence electrons. The van der Waals surface area contributed by atoms with Crippen molar-refractivity contribution in [2.24, 2.45) is 0 Å². The van der Waals surface area contributed by atoms with Gasteiger partial charge in [-0.25, -0.2) is 0 Å². The average Bonchev–Trinajstić information content (AvgIpc) is 2.81. The Balaban J connectivity index is 2.35. The van der Waals surface area contributed by atoms with Crippen LogP contribution in [-0.4, -0.2) is 73.0 Å². The Hall–Kier alpha value is -1.06. The van der Waals surface area contributed by atoms with Crippen LogP contribution < -0.4 is 0 Å². The van der Waals surface area contributed by atoms with Gasteiger partial charge in [0.05, 0.1) is 0 Å². The molecule has 0 unspecified atom stereocenters. The molecule has 0 N–H and O–H groups in total. The summed E-state index contributed by atoms with van der Waals surface area (Å²) in [5.74, 6) is 2.84. The summed E-state index contributed by atoms with van der Waals surface area (Å²) in [6.45, 7) is 11.3. The Labute approximate surface area is 99.1 Å². The molecule has 2 heterocycles. The first-order chi connectivity index (χ1) is 7.69. The van der Waals surface area contributed by atoms with Crippen LogP contribution in [0.15, 0.2) is 11.6 Å². The van der Waals surface area contributed by atoms with Crippen LogP contribution in [0.4, 0.5) is 0 Å². The van der Waals surface area contributed by atoms with Gasteiger partial charge in [-0.05, 0) is 13.8 Å². The summed E-state index contributed by atoms with van der Waals surface area (Å²) in [7, 11) is 4.41. The molecule has 2 saturated heterocycles. The molecule has 0 spiro atoms. The summed E-state index contributed by atoms with van der Waals surface area (Å²) >= 11 is 0. The van der Waals surface area contributed by atoms with Crippen molar-refractivity contribution < 1.29 is 0 Å². The molecule has 2 aliphatic rings. The van der Waals surface area contributed by atoms with Crippen LogP contribution in [0.5, 0.6) is 0 Å². The minimum Gasteiger partial charge on any atom is -0.357 e. The standard InChI is InChI=1S/C12H24N4/c1-5-15-9-7-13(3)11(15)12-14(4)8-10-16(12)6-2/h5-10H2,1-4H3/b12-11-. The number of hydrogen-bond acceptors (Lipinski definition) is 4. The molecule has 2 aliphatic heterocycles. The smallest absolute Gasteiger partial charge is 0.146 e. The van der Waals surface area contributed by atoms with Gasteiger partial charge in [0, 0.05) is 53.4 Å². The molecule has 0 aromatic heterocycles. The summed E-state index contributed by atoms with van der Waals surface area (Å²) in [6, 6.07) is 0. The first-order valence-corrected chi connectivity index (χ1v) is 6.35. The predicted molar refractivity (Wildman–Crippen MR) is 66.8 cm³/mol. The van der Waals surface area contributed by atoms with E-state index in [9.17, 15) is 0 Å². The van der Waals surface area contributed by atoms with E-state index in [4.69, 9.17) is 0 Å². The summed E-state index contributed by atoms with van der Waals surface area (Å²) in [5, 5.41) is 0. The van der Waals surface area contributed by atoms with Gasteiger partial charge < -0.3 is 19.6 Å². The molecule has 0 atom stereocenters. The first-order valence-electron chi connectivity index (χ1n) is 6.35. The number of rotatable bonds is 2. The highest BCUT2D eigenvalue weighted by molar-refractivity contribution is 5.16. The number of likely N-dealkylation sites (N-methyl/N-ethyl adjacent to an activating group) is 4. The molecule has 2 fully saturated rings.